The highest BCUT2D eigenvalue weighted by Gasteiger charge is 2.59. The molecule has 3 atom stereocenters. The fourth-order valence-corrected chi connectivity index (χ4v) is 7.06. The van der Waals surface area contributed by atoms with E-state index < -0.39 is 0 Å². The first-order valence-corrected chi connectivity index (χ1v) is 11.5. The van der Waals surface area contributed by atoms with Gasteiger partial charge in [-0.05, 0) is 69.3 Å². The lowest BCUT2D eigenvalue weighted by atomic mass is 9.49. The highest BCUT2D eigenvalue weighted by atomic mass is 127. The standard InChI is InChI=1S/C21H26IN3O3/c1-12-2-4-23-18(24-12)14-3-5-25(11-14)20(27)28-17-15-6-13-7-16(17)10-21(8-13,9-15)19(22)26/h2,4,13-17H,3,5-11H2,1H3. The lowest BCUT2D eigenvalue weighted by molar-refractivity contribution is -0.153. The molecule has 1 saturated heterocycles. The fourth-order valence-electron chi connectivity index (χ4n) is 6.40. The van der Waals surface area contributed by atoms with E-state index in [1.165, 1.54) is 0 Å². The van der Waals surface area contributed by atoms with Crippen molar-refractivity contribution in [3.05, 3.63) is 23.8 Å². The second-order valence-corrected chi connectivity index (χ2v) is 10.3. The predicted octanol–water partition coefficient (Wildman–Crippen LogP) is 3.87. The van der Waals surface area contributed by atoms with Crippen LogP contribution in [0.4, 0.5) is 4.79 Å². The summed E-state index contributed by atoms with van der Waals surface area (Å²) in [6, 6.07) is 1.89. The molecule has 6 nitrogen and oxygen atoms in total. The quantitative estimate of drug-likeness (QED) is 0.471. The van der Waals surface area contributed by atoms with E-state index in [0.717, 1.165) is 50.0 Å². The Morgan fingerprint density at radius 1 is 1.25 bits per heavy atom. The molecule has 28 heavy (non-hydrogen) atoms. The van der Waals surface area contributed by atoms with E-state index in [1.807, 2.05) is 40.5 Å². The van der Waals surface area contributed by atoms with E-state index in [0.29, 0.717) is 34.6 Å². The molecule has 1 aromatic heterocycles. The first-order chi connectivity index (χ1) is 13.4. The average Bonchev–Trinajstić information content (AvgIpc) is 3.14. The minimum atomic E-state index is -0.192. The number of hydrogen-bond acceptors (Lipinski definition) is 5. The molecule has 4 saturated carbocycles. The summed E-state index contributed by atoms with van der Waals surface area (Å²) in [5, 5.41) is 0. The van der Waals surface area contributed by atoms with Gasteiger partial charge in [0.1, 0.15) is 11.9 Å². The summed E-state index contributed by atoms with van der Waals surface area (Å²) in [5.74, 6) is 2.36. The Bertz CT molecular complexity index is 800. The Labute approximate surface area is 179 Å². The van der Waals surface area contributed by atoms with Gasteiger partial charge in [-0.15, -0.1) is 0 Å². The summed E-state index contributed by atoms with van der Waals surface area (Å²) in [6.45, 7) is 3.29. The van der Waals surface area contributed by atoms with E-state index in [4.69, 9.17) is 4.74 Å². The number of hydrogen-bond donors (Lipinski definition) is 0. The molecule has 4 bridgehead atoms. The van der Waals surface area contributed by atoms with Gasteiger partial charge in [0.15, 0.2) is 3.79 Å². The average molecular weight is 495 g/mol. The highest BCUT2D eigenvalue weighted by Crippen LogP contribution is 2.61. The van der Waals surface area contributed by atoms with Gasteiger partial charge in [-0.25, -0.2) is 14.8 Å². The van der Waals surface area contributed by atoms with Gasteiger partial charge in [0.2, 0.25) is 0 Å². The van der Waals surface area contributed by atoms with Gasteiger partial charge in [-0.2, -0.15) is 0 Å². The molecule has 3 unspecified atom stereocenters. The van der Waals surface area contributed by atoms with Crippen LogP contribution in [-0.4, -0.2) is 43.9 Å². The summed E-state index contributed by atoms with van der Waals surface area (Å²) in [5.41, 5.74) is 0.819. The maximum absolute atomic E-state index is 12.9. The van der Waals surface area contributed by atoms with Gasteiger partial charge >= 0.3 is 6.09 Å². The number of nitrogens with zero attached hydrogens (tertiary/aromatic N) is 3. The number of rotatable bonds is 3. The third-order valence-electron chi connectivity index (χ3n) is 7.47. The monoisotopic (exact) mass is 495 g/mol. The largest absolute Gasteiger partial charge is 0.446 e. The summed E-state index contributed by atoms with van der Waals surface area (Å²) in [6.07, 6.45) is 7.54. The van der Waals surface area contributed by atoms with E-state index in [9.17, 15) is 9.59 Å². The van der Waals surface area contributed by atoms with Crippen LogP contribution in [0.25, 0.3) is 0 Å². The zero-order valence-electron chi connectivity index (χ0n) is 16.1. The molecule has 1 amide bonds. The van der Waals surface area contributed by atoms with Crippen LogP contribution in [0.2, 0.25) is 0 Å². The Balaban J connectivity index is 1.24. The fraction of sp³-hybridized carbons (Fsp3) is 0.714. The predicted molar refractivity (Wildman–Crippen MR) is 111 cm³/mol. The number of carbonyl (C=O) groups excluding carboxylic acids is 2. The van der Waals surface area contributed by atoms with Crippen molar-refractivity contribution in [2.45, 2.75) is 57.5 Å². The molecule has 0 aromatic carbocycles. The molecule has 5 aliphatic rings. The van der Waals surface area contributed by atoms with E-state index in [1.54, 1.807) is 6.20 Å². The molecular formula is C21H26IN3O3. The van der Waals surface area contributed by atoms with Crippen LogP contribution in [0.5, 0.6) is 0 Å². The third-order valence-corrected chi connectivity index (χ3v) is 8.61. The van der Waals surface area contributed by atoms with Crippen molar-refractivity contribution in [2.75, 3.05) is 13.1 Å². The number of aryl methyl sites for hydroxylation is 1. The number of aromatic nitrogens is 2. The van der Waals surface area contributed by atoms with Gasteiger partial charge in [0, 0.05) is 58.9 Å². The molecule has 2 heterocycles. The van der Waals surface area contributed by atoms with Crippen molar-refractivity contribution >= 4 is 32.5 Å². The molecule has 1 aliphatic heterocycles. The zero-order valence-corrected chi connectivity index (χ0v) is 18.3. The minimum absolute atomic E-state index is 0.0119. The normalized spacial score (nSPS) is 38.6. The minimum Gasteiger partial charge on any atom is -0.446 e. The molecule has 1 aromatic rings. The van der Waals surface area contributed by atoms with Gasteiger partial charge in [-0.1, -0.05) is 0 Å². The summed E-state index contributed by atoms with van der Waals surface area (Å²) >= 11 is 2.00. The number of ether oxygens (including phenoxy) is 1. The van der Waals surface area contributed by atoms with Crippen LogP contribution in [0.15, 0.2) is 12.3 Å². The molecule has 5 fully saturated rings. The van der Waals surface area contributed by atoms with Crippen LogP contribution >= 0.6 is 22.6 Å². The first-order valence-electron chi connectivity index (χ1n) is 10.4. The summed E-state index contributed by atoms with van der Waals surface area (Å²) < 4.78 is 6.39. The number of likely N-dealkylation sites (tertiary alicyclic amines) is 1. The van der Waals surface area contributed by atoms with E-state index >= 15 is 0 Å². The molecule has 0 N–H and O–H groups in total. The topological polar surface area (TPSA) is 72.4 Å². The molecule has 6 rings (SSSR count). The summed E-state index contributed by atoms with van der Waals surface area (Å²) in [7, 11) is 0. The summed E-state index contributed by atoms with van der Waals surface area (Å²) in [4.78, 5) is 35.9. The van der Waals surface area contributed by atoms with Gasteiger partial charge in [-0.3, -0.25) is 4.79 Å². The van der Waals surface area contributed by atoms with Crippen molar-refractivity contribution in [1.82, 2.24) is 14.9 Å². The maximum atomic E-state index is 12.9. The van der Waals surface area contributed by atoms with Crippen molar-refractivity contribution in [3.63, 3.8) is 0 Å². The second kappa shape index (κ2) is 6.92. The van der Waals surface area contributed by atoms with Crippen molar-refractivity contribution in [2.24, 2.45) is 23.2 Å². The van der Waals surface area contributed by atoms with Gasteiger partial charge in [0.05, 0.1) is 0 Å². The van der Waals surface area contributed by atoms with Crippen LogP contribution in [-0.2, 0) is 9.53 Å². The van der Waals surface area contributed by atoms with E-state index in [2.05, 4.69) is 9.97 Å². The Morgan fingerprint density at radius 3 is 2.68 bits per heavy atom. The van der Waals surface area contributed by atoms with Crippen LogP contribution in [0, 0.1) is 30.1 Å². The smallest absolute Gasteiger partial charge is 0.410 e. The molecule has 0 spiro atoms. The number of amides is 1. The number of halogens is 1. The molecule has 7 heteroatoms. The SMILES string of the molecule is Cc1ccnc(C2CCN(C(=O)OC3C4CC5CC3CC(C(=O)I)(C5)C4)C2)n1. The van der Waals surface area contributed by atoms with Gasteiger partial charge < -0.3 is 9.64 Å². The van der Waals surface area contributed by atoms with Gasteiger partial charge in [0.25, 0.3) is 0 Å². The highest BCUT2D eigenvalue weighted by molar-refractivity contribution is 14.1. The zero-order chi connectivity index (χ0) is 19.5. The van der Waals surface area contributed by atoms with Crippen molar-refractivity contribution in [3.8, 4) is 0 Å². The molecular weight excluding hydrogens is 469 g/mol. The second-order valence-electron chi connectivity index (χ2n) is 9.36. The maximum Gasteiger partial charge on any atom is 0.410 e. The van der Waals surface area contributed by atoms with Crippen molar-refractivity contribution < 1.29 is 14.3 Å². The van der Waals surface area contributed by atoms with E-state index in [-0.39, 0.29) is 23.5 Å². The van der Waals surface area contributed by atoms with Crippen molar-refractivity contribution in [1.29, 1.82) is 0 Å². The first kappa shape index (κ1) is 18.8. The van der Waals surface area contributed by atoms with Crippen LogP contribution in [0.1, 0.15) is 56.0 Å². The number of carbonyl (C=O) groups is 2. The third kappa shape index (κ3) is 3.13. The molecule has 0 radical (unpaired) electrons. The lowest BCUT2D eigenvalue weighted by Crippen LogP contribution is -2.57. The Morgan fingerprint density at radius 2 is 2.00 bits per heavy atom. The lowest BCUT2D eigenvalue weighted by Gasteiger charge is -2.58. The van der Waals surface area contributed by atoms with Crippen LogP contribution < -0.4 is 0 Å². The molecule has 150 valence electrons. The Hall–Kier alpha value is -1.25. The van der Waals surface area contributed by atoms with Crippen LogP contribution in [0.3, 0.4) is 0 Å². The molecule has 4 aliphatic carbocycles. The Kier molecular flexibility index (Phi) is 4.63.